The second-order valence-electron chi connectivity index (χ2n) is 15.8. The lowest BCUT2D eigenvalue weighted by Crippen LogP contribution is -2.69. The molecule has 0 aliphatic heterocycles. The van der Waals surface area contributed by atoms with Gasteiger partial charge in [-0.15, -0.1) is 0 Å². The Morgan fingerprint density at radius 3 is 1.81 bits per heavy atom. The Morgan fingerprint density at radius 2 is 1.25 bits per heavy atom. The normalized spacial score (nSPS) is 57.3. The summed E-state index contributed by atoms with van der Waals surface area (Å²) < 4.78 is 0.880. The molecule has 8 aliphatic carbocycles. The van der Waals surface area contributed by atoms with E-state index in [2.05, 4.69) is 55.8 Å². The van der Waals surface area contributed by atoms with E-state index in [1.165, 1.54) is 82.6 Å². The van der Waals surface area contributed by atoms with E-state index in [0.29, 0.717) is 43.7 Å². The Morgan fingerprint density at radius 1 is 0.688 bits per heavy atom. The van der Waals surface area contributed by atoms with Crippen LogP contribution in [-0.4, -0.2) is 5.11 Å². The van der Waals surface area contributed by atoms with Gasteiger partial charge in [-0.25, -0.2) is 0 Å². The zero-order valence-electron chi connectivity index (χ0n) is 20.6. The Bertz CT molecular complexity index is 988. The highest BCUT2D eigenvalue weighted by molar-refractivity contribution is 9.10. The molecule has 8 saturated carbocycles. The quantitative estimate of drug-likeness (QED) is 0.433. The van der Waals surface area contributed by atoms with Gasteiger partial charge < -0.3 is 5.11 Å². The number of phenolic OH excluding ortho intramolecular Hbond substituents is 1. The first-order valence-electron chi connectivity index (χ1n) is 13.3. The van der Waals surface area contributed by atoms with Gasteiger partial charge in [-0.2, -0.15) is 0 Å². The molecule has 174 valence electrons. The predicted octanol–water partition coefficient (Wildman–Crippen LogP) is 8.77. The Kier molecular flexibility index (Phi) is 3.68. The highest BCUT2D eigenvalue weighted by Gasteiger charge is 2.74. The fourth-order valence-electron chi connectivity index (χ4n) is 13.4. The van der Waals surface area contributed by atoms with Crippen molar-refractivity contribution in [1.82, 2.24) is 0 Å². The summed E-state index contributed by atoms with van der Waals surface area (Å²) in [5.74, 6) is 1.36. The molecule has 1 aromatic carbocycles. The van der Waals surface area contributed by atoms with Crippen molar-refractivity contribution in [1.29, 1.82) is 0 Å². The minimum absolute atomic E-state index is 0.291. The van der Waals surface area contributed by atoms with E-state index in [-0.39, 0.29) is 0 Å². The second-order valence-corrected chi connectivity index (χ2v) is 16.7. The van der Waals surface area contributed by atoms with Gasteiger partial charge in [-0.1, -0.05) is 33.8 Å². The third-order valence-electron chi connectivity index (χ3n) is 11.9. The van der Waals surface area contributed by atoms with E-state index < -0.39 is 0 Å². The van der Waals surface area contributed by atoms with Crippen LogP contribution in [0.1, 0.15) is 110 Å². The second kappa shape index (κ2) is 5.66. The van der Waals surface area contributed by atoms with Crippen molar-refractivity contribution in [2.45, 2.75) is 110 Å². The van der Waals surface area contributed by atoms with Crippen LogP contribution in [0.25, 0.3) is 0 Å². The van der Waals surface area contributed by atoms with E-state index in [9.17, 15) is 5.11 Å². The van der Waals surface area contributed by atoms with Crippen molar-refractivity contribution in [3.05, 3.63) is 28.2 Å². The third-order valence-corrected chi connectivity index (χ3v) is 12.5. The molecule has 9 rings (SSSR count). The van der Waals surface area contributed by atoms with E-state index >= 15 is 0 Å². The molecule has 0 amide bonds. The molecule has 4 atom stereocenters. The average molecular weight is 498 g/mol. The van der Waals surface area contributed by atoms with Crippen LogP contribution in [0.3, 0.4) is 0 Å². The first-order chi connectivity index (χ1) is 14.8. The predicted molar refractivity (Wildman–Crippen MR) is 134 cm³/mol. The number of benzene rings is 1. The van der Waals surface area contributed by atoms with E-state index in [1.54, 1.807) is 0 Å². The van der Waals surface area contributed by atoms with E-state index in [0.717, 1.165) is 10.4 Å². The van der Waals surface area contributed by atoms with Crippen LogP contribution in [0.4, 0.5) is 0 Å². The van der Waals surface area contributed by atoms with Gasteiger partial charge in [-0.05, 0) is 154 Å². The maximum Gasteiger partial charge on any atom is 0.129 e. The Labute approximate surface area is 203 Å². The molecule has 8 bridgehead atoms. The highest BCUT2D eigenvalue weighted by Crippen LogP contribution is 2.83. The molecule has 1 N–H and O–H groups in total. The lowest BCUT2D eigenvalue weighted by Gasteiger charge is -2.78. The Balaban J connectivity index is 1.40. The summed E-state index contributed by atoms with van der Waals surface area (Å²) in [4.78, 5) is 0. The van der Waals surface area contributed by atoms with Crippen LogP contribution < -0.4 is 0 Å². The summed E-state index contributed by atoms with van der Waals surface area (Å²) in [5, 5.41) is 10.2. The molecule has 0 spiro atoms. The third kappa shape index (κ3) is 2.57. The molecule has 8 fully saturated rings. The number of aromatic hydroxyl groups is 1. The van der Waals surface area contributed by atoms with Gasteiger partial charge in [0.1, 0.15) is 5.75 Å². The number of hydrogen-bond acceptors (Lipinski definition) is 1. The summed E-state index contributed by atoms with van der Waals surface area (Å²) in [6, 6.07) is 6.50. The first kappa shape index (κ1) is 20.8. The van der Waals surface area contributed by atoms with Gasteiger partial charge in [0, 0.05) is 0 Å². The lowest BCUT2D eigenvalue weighted by atomic mass is 9.26. The van der Waals surface area contributed by atoms with Gasteiger partial charge in [0.15, 0.2) is 0 Å². The topological polar surface area (TPSA) is 20.2 Å². The van der Waals surface area contributed by atoms with Crippen LogP contribution in [0, 0.1) is 38.4 Å². The van der Waals surface area contributed by atoms with Crippen molar-refractivity contribution in [2.75, 3.05) is 0 Å². The summed E-state index contributed by atoms with van der Waals surface area (Å²) in [6.07, 6.45) is 17.5. The van der Waals surface area contributed by atoms with Crippen molar-refractivity contribution < 1.29 is 5.11 Å². The molecule has 0 aromatic heterocycles. The number of phenols is 1. The average Bonchev–Trinajstić information content (AvgIpc) is 2.57. The fourth-order valence-corrected chi connectivity index (χ4v) is 13.8. The molecular formula is C30H41BrO. The Hall–Kier alpha value is -0.500. The number of hydrogen-bond donors (Lipinski definition) is 1. The molecule has 0 radical (unpaired) electrons. The van der Waals surface area contributed by atoms with Crippen LogP contribution >= 0.6 is 15.9 Å². The zero-order valence-corrected chi connectivity index (χ0v) is 22.2. The SMILES string of the molecule is CC12CC3CC(C)(C1)CC(C14CC5(C)CC(C)(CC(c6ccc(O)c(Br)c6)(C5)C1)C4)(C3)C2. The van der Waals surface area contributed by atoms with Crippen LogP contribution in [0.5, 0.6) is 5.75 Å². The lowest BCUT2D eigenvalue weighted by molar-refractivity contribution is -0.270. The fraction of sp³-hybridized carbons (Fsp3) is 0.800. The largest absolute Gasteiger partial charge is 0.507 e. The highest BCUT2D eigenvalue weighted by atomic mass is 79.9. The molecule has 1 nitrogen and oxygen atoms in total. The smallest absolute Gasteiger partial charge is 0.129 e. The standard InChI is InChI=1S/C30H41BrO/c1-24-8-20-9-25(2,11-24)16-29(10-20,15-24)30-17-26(3)12-27(4,18-30)14-28(13-26,19-30)21-5-6-23(32)22(31)7-21/h5-7,20,32H,8-19H2,1-4H3. The maximum absolute atomic E-state index is 10.2. The van der Waals surface area contributed by atoms with Gasteiger partial charge in [0.25, 0.3) is 0 Å². The summed E-state index contributed by atoms with van der Waals surface area (Å²) in [6.45, 7) is 10.7. The molecule has 2 heteroatoms. The number of rotatable bonds is 2. The molecule has 4 unspecified atom stereocenters. The zero-order chi connectivity index (χ0) is 22.4. The van der Waals surface area contributed by atoms with Crippen molar-refractivity contribution >= 4 is 15.9 Å². The molecule has 0 heterocycles. The van der Waals surface area contributed by atoms with Crippen LogP contribution in [-0.2, 0) is 5.41 Å². The van der Waals surface area contributed by atoms with Crippen molar-refractivity contribution in [3.8, 4) is 5.75 Å². The van der Waals surface area contributed by atoms with Crippen molar-refractivity contribution in [3.63, 3.8) is 0 Å². The first-order valence-corrected chi connectivity index (χ1v) is 14.1. The summed E-state index contributed by atoms with van der Waals surface area (Å²) >= 11 is 3.66. The van der Waals surface area contributed by atoms with E-state index in [4.69, 9.17) is 0 Å². The molecule has 0 saturated heterocycles. The summed E-state index contributed by atoms with van der Waals surface area (Å²) in [7, 11) is 0. The van der Waals surface area contributed by atoms with Gasteiger partial charge in [-0.3, -0.25) is 0 Å². The van der Waals surface area contributed by atoms with E-state index in [1.807, 2.05) is 6.07 Å². The molecule has 1 aromatic rings. The minimum atomic E-state index is 0.291. The molecule has 8 aliphatic rings. The van der Waals surface area contributed by atoms with Gasteiger partial charge in [0.05, 0.1) is 4.47 Å². The molecule has 32 heavy (non-hydrogen) atoms. The maximum atomic E-state index is 10.2. The monoisotopic (exact) mass is 496 g/mol. The van der Waals surface area contributed by atoms with Gasteiger partial charge in [0.2, 0.25) is 0 Å². The van der Waals surface area contributed by atoms with Crippen molar-refractivity contribution in [2.24, 2.45) is 38.4 Å². The van der Waals surface area contributed by atoms with Crippen LogP contribution in [0.2, 0.25) is 0 Å². The summed E-state index contributed by atoms with van der Waals surface area (Å²) in [5.41, 5.74) is 5.00. The van der Waals surface area contributed by atoms with Crippen LogP contribution in [0.15, 0.2) is 22.7 Å². The number of halogens is 1. The molecular weight excluding hydrogens is 456 g/mol. The minimum Gasteiger partial charge on any atom is -0.507 e. The van der Waals surface area contributed by atoms with Gasteiger partial charge >= 0.3 is 0 Å².